The standard InChI is InChI=1S/C30H21BrN2/c31-30-28(32-24-14-5-1-10-20(24)21-11-2-6-15-25(21)32)18-9-19-29(30)33-26-16-7-3-12-22(26)23-13-4-8-17-27(23)33/h1-19,28,30H. The van der Waals surface area contributed by atoms with Crippen molar-refractivity contribution >= 4 is 65.2 Å². The van der Waals surface area contributed by atoms with E-state index in [2.05, 4.69) is 140 Å². The summed E-state index contributed by atoms with van der Waals surface area (Å²) >= 11 is 4.15. The molecule has 33 heavy (non-hydrogen) atoms. The van der Waals surface area contributed by atoms with Crippen LogP contribution in [0.15, 0.2) is 115 Å². The van der Waals surface area contributed by atoms with Crippen molar-refractivity contribution in [2.24, 2.45) is 0 Å². The minimum absolute atomic E-state index is 0.112. The molecule has 0 N–H and O–H groups in total. The molecule has 1 aliphatic carbocycles. The van der Waals surface area contributed by atoms with Crippen molar-refractivity contribution in [3.8, 4) is 0 Å². The molecule has 1 aliphatic rings. The summed E-state index contributed by atoms with van der Waals surface area (Å²) < 4.78 is 4.91. The van der Waals surface area contributed by atoms with E-state index in [1.165, 1.54) is 49.3 Å². The number of benzene rings is 4. The number of nitrogens with zero attached hydrogens (tertiary/aromatic N) is 2. The quantitative estimate of drug-likeness (QED) is 0.217. The highest BCUT2D eigenvalue weighted by atomic mass is 79.9. The maximum atomic E-state index is 4.15. The van der Waals surface area contributed by atoms with Gasteiger partial charge in [0.25, 0.3) is 0 Å². The topological polar surface area (TPSA) is 9.86 Å². The number of aromatic nitrogens is 2. The van der Waals surface area contributed by atoms with E-state index in [4.69, 9.17) is 0 Å². The fourth-order valence-electron chi connectivity index (χ4n) is 5.52. The van der Waals surface area contributed by atoms with Crippen molar-refractivity contribution in [3.05, 3.63) is 115 Å². The Bertz CT molecular complexity index is 1640. The third-order valence-corrected chi connectivity index (χ3v) is 7.92. The zero-order chi connectivity index (χ0) is 21.9. The van der Waals surface area contributed by atoms with Crippen molar-refractivity contribution in [2.45, 2.75) is 10.9 Å². The Balaban J connectivity index is 1.47. The van der Waals surface area contributed by atoms with Crippen LogP contribution >= 0.6 is 15.9 Å². The molecule has 2 aromatic heterocycles. The molecule has 2 atom stereocenters. The highest BCUT2D eigenvalue weighted by Crippen LogP contribution is 2.42. The molecule has 158 valence electrons. The largest absolute Gasteiger partial charge is 0.332 e. The first kappa shape index (κ1) is 19.0. The van der Waals surface area contributed by atoms with Crippen molar-refractivity contribution in [1.29, 1.82) is 0 Å². The normalized spacial score (nSPS) is 18.5. The Kier molecular flexibility index (Phi) is 4.15. The summed E-state index contributed by atoms with van der Waals surface area (Å²) in [4.78, 5) is 0.112. The second-order valence-electron chi connectivity index (χ2n) is 8.64. The lowest BCUT2D eigenvalue weighted by Gasteiger charge is -2.29. The summed E-state index contributed by atoms with van der Waals surface area (Å²) in [5.74, 6) is 0. The van der Waals surface area contributed by atoms with Gasteiger partial charge in [-0.05, 0) is 30.3 Å². The molecule has 2 heterocycles. The number of hydrogen-bond acceptors (Lipinski definition) is 0. The summed E-state index contributed by atoms with van der Waals surface area (Å²) in [6.45, 7) is 0. The van der Waals surface area contributed by atoms with Crippen LogP contribution in [0.1, 0.15) is 6.04 Å². The summed E-state index contributed by atoms with van der Waals surface area (Å²) in [6, 6.07) is 35.0. The van der Waals surface area contributed by atoms with Crippen LogP contribution in [0.5, 0.6) is 0 Å². The van der Waals surface area contributed by atoms with E-state index < -0.39 is 0 Å². The lowest BCUT2D eigenvalue weighted by atomic mass is 10.0. The Morgan fingerprint density at radius 3 is 1.48 bits per heavy atom. The number of hydrogen-bond donors (Lipinski definition) is 0. The van der Waals surface area contributed by atoms with Crippen LogP contribution in [0.2, 0.25) is 0 Å². The maximum absolute atomic E-state index is 4.15. The number of alkyl halides is 1. The summed E-state index contributed by atoms with van der Waals surface area (Å²) in [5.41, 5.74) is 6.26. The van der Waals surface area contributed by atoms with Gasteiger partial charge in [-0.1, -0.05) is 101 Å². The van der Waals surface area contributed by atoms with Gasteiger partial charge in [0, 0.05) is 38.3 Å². The van der Waals surface area contributed by atoms with Gasteiger partial charge in [-0.3, -0.25) is 0 Å². The Morgan fingerprint density at radius 1 is 0.545 bits per heavy atom. The van der Waals surface area contributed by atoms with Crippen LogP contribution in [0.3, 0.4) is 0 Å². The molecule has 0 fully saturated rings. The molecule has 6 aromatic rings. The number of allylic oxidation sites excluding steroid dienone is 4. The smallest absolute Gasteiger partial charge is 0.0794 e. The van der Waals surface area contributed by atoms with Gasteiger partial charge in [0.1, 0.15) is 0 Å². The molecular weight excluding hydrogens is 468 g/mol. The van der Waals surface area contributed by atoms with Crippen LogP contribution in [0.4, 0.5) is 0 Å². The van der Waals surface area contributed by atoms with Gasteiger partial charge in [-0.2, -0.15) is 0 Å². The minimum Gasteiger partial charge on any atom is -0.332 e. The fraction of sp³-hybridized carbons (Fsp3) is 0.0667. The average molecular weight is 489 g/mol. The minimum atomic E-state index is 0.112. The molecule has 0 saturated heterocycles. The molecule has 0 aliphatic heterocycles. The first-order chi connectivity index (χ1) is 16.3. The monoisotopic (exact) mass is 488 g/mol. The molecule has 0 spiro atoms. The van der Waals surface area contributed by atoms with Crippen LogP contribution < -0.4 is 0 Å². The van der Waals surface area contributed by atoms with E-state index in [0.29, 0.717) is 0 Å². The van der Waals surface area contributed by atoms with E-state index in [0.717, 1.165) is 0 Å². The summed E-state index contributed by atoms with van der Waals surface area (Å²) in [7, 11) is 0. The molecule has 0 saturated carbocycles. The van der Waals surface area contributed by atoms with Gasteiger partial charge in [0.2, 0.25) is 0 Å². The molecule has 2 nitrogen and oxygen atoms in total. The molecule has 0 amide bonds. The van der Waals surface area contributed by atoms with Crippen molar-refractivity contribution < 1.29 is 0 Å². The van der Waals surface area contributed by atoms with Crippen molar-refractivity contribution in [3.63, 3.8) is 0 Å². The molecule has 7 rings (SSSR count). The molecular formula is C30H21BrN2. The summed E-state index contributed by atoms with van der Waals surface area (Å²) in [6.07, 6.45) is 6.78. The third-order valence-electron chi connectivity index (χ3n) is 6.91. The summed E-state index contributed by atoms with van der Waals surface area (Å²) in [5, 5.41) is 5.18. The predicted octanol–water partition coefficient (Wildman–Crippen LogP) is 8.32. The molecule has 4 aromatic carbocycles. The molecule has 3 heteroatoms. The van der Waals surface area contributed by atoms with Crippen LogP contribution in [-0.4, -0.2) is 14.0 Å². The third kappa shape index (κ3) is 2.66. The number of halogens is 1. The second kappa shape index (κ2) is 7.23. The van der Waals surface area contributed by atoms with Crippen LogP contribution in [0, 0.1) is 0 Å². The van der Waals surface area contributed by atoms with Gasteiger partial charge < -0.3 is 9.13 Å². The van der Waals surface area contributed by atoms with E-state index in [-0.39, 0.29) is 10.9 Å². The zero-order valence-corrected chi connectivity index (χ0v) is 19.5. The fourth-order valence-corrected chi connectivity index (χ4v) is 6.29. The lowest BCUT2D eigenvalue weighted by Crippen LogP contribution is -2.23. The molecule has 0 radical (unpaired) electrons. The Morgan fingerprint density at radius 2 is 0.970 bits per heavy atom. The molecule has 2 unspecified atom stereocenters. The highest BCUT2D eigenvalue weighted by molar-refractivity contribution is 9.09. The highest BCUT2D eigenvalue weighted by Gasteiger charge is 2.29. The van der Waals surface area contributed by atoms with Crippen molar-refractivity contribution in [2.75, 3.05) is 0 Å². The van der Waals surface area contributed by atoms with E-state index >= 15 is 0 Å². The Labute approximate surface area is 200 Å². The van der Waals surface area contributed by atoms with Crippen LogP contribution in [-0.2, 0) is 0 Å². The number of rotatable bonds is 2. The van der Waals surface area contributed by atoms with E-state index in [9.17, 15) is 0 Å². The number of fused-ring (bicyclic) bond motifs is 6. The van der Waals surface area contributed by atoms with Crippen LogP contribution in [0.25, 0.3) is 49.3 Å². The maximum Gasteiger partial charge on any atom is 0.0794 e. The predicted molar refractivity (Wildman–Crippen MR) is 144 cm³/mol. The zero-order valence-electron chi connectivity index (χ0n) is 17.9. The average Bonchev–Trinajstić information content (AvgIpc) is 3.38. The van der Waals surface area contributed by atoms with Crippen molar-refractivity contribution in [1.82, 2.24) is 9.13 Å². The van der Waals surface area contributed by atoms with Gasteiger partial charge in [0.05, 0.1) is 21.9 Å². The number of para-hydroxylation sites is 4. The Hall–Kier alpha value is -3.56. The van der Waals surface area contributed by atoms with E-state index in [1.807, 2.05) is 0 Å². The van der Waals surface area contributed by atoms with Gasteiger partial charge in [-0.15, -0.1) is 0 Å². The first-order valence-corrected chi connectivity index (χ1v) is 12.2. The first-order valence-electron chi connectivity index (χ1n) is 11.3. The van der Waals surface area contributed by atoms with Gasteiger partial charge >= 0.3 is 0 Å². The van der Waals surface area contributed by atoms with Gasteiger partial charge in [0.15, 0.2) is 0 Å². The second-order valence-corrected chi connectivity index (χ2v) is 9.63. The van der Waals surface area contributed by atoms with E-state index in [1.54, 1.807) is 0 Å². The lowest BCUT2D eigenvalue weighted by molar-refractivity contribution is 0.664. The molecule has 0 bridgehead atoms. The SMILES string of the molecule is BrC1C(n2c3ccccc3c3ccccc32)=CC=CC1n1c2ccccc2c2ccccc21. The van der Waals surface area contributed by atoms with Gasteiger partial charge in [-0.25, -0.2) is 0 Å².